The smallest absolute Gasteiger partial charge is 0.0774 e. The molecule has 1 saturated carbocycles. The first-order valence-corrected chi connectivity index (χ1v) is 6.62. The van der Waals surface area contributed by atoms with E-state index in [-0.39, 0.29) is 0 Å². The highest BCUT2D eigenvalue weighted by Gasteiger charge is 2.32. The molecule has 0 saturated heterocycles. The fourth-order valence-corrected chi connectivity index (χ4v) is 2.63. The van der Waals surface area contributed by atoms with Crippen molar-refractivity contribution in [2.75, 3.05) is 6.54 Å². The van der Waals surface area contributed by atoms with Crippen molar-refractivity contribution in [3.8, 4) is 0 Å². The fourth-order valence-electron chi connectivity index (χ4n) is 2.63. The average molecular weight is 225 g/mol. The first kappa shape index (κ1) is 13.7. The molecule has 0 spiro atoms. The predicted molar refractivity (Wildman–Crippen MR) is 69.5 cm³/mol. The van der Waals surface area contributed by atoms with E-state index in [1.165, 1.54) is 12.8 Å². The fraction of sp³-hybridized carbons (Fsp3) is 0.857. The van der Waals surface area contributed by atoms with Crippen molar-refractivity contribution in [3.63, 3.8) is 0 Å². The van der Waals surface area contributed by atoms with E-state index >= 15 is 0 Å². The van der Waals surface area contributed by atoms with Crippen molar-refractivity contribution in [1.29, 1.82) is 0 Å². The van der Waals surface area contributed by atoms with E-state index in [1.807, 2.05) is 6.08 Å². The first-order chi connectivity index (χ1) is 7.56. The maximum atomic E-state index is 10.4. The van der Waals surface area contributed by atoms with Crippen molar-refractivity contribution in [3.05, 3.63) is 12.7 Å². The Morgan fingerprint density at radius 2 is 2.38 bits per heavy atom. The molecule has 1 fully saturated rings. The van der Waals surface area contributed by atoms with Crippen molar-refractivity contribution in [2.45, 2.75) is 64.0 Å². The second-order valence-electron chi connectivity index (χ2n) is 5.57. The van der Waals surface area contributed by atoms with Gasteiger partial charge in [0.25, 0.3) is 0 Å². The second-order valence-corrected chi connectivity index (χ2v) is 5.57. The van der Waals surface area contributed by atoms with E-state index in [0.717, 1.165) is 32.2 Å². The molecule has 2 heteroatoms. The molecule has 0 aromatic carbocycles. The summed E-state index contributed by atoms with van der Waals surface area (Å²) in [6.45, 7) is 8.90. The number of hydrogen-bond acceptors (Lipinski definition) is 2. The summed E-state index contributed by atoms with van der Waals surface area (Å²) in [6, 6.07) is 0.472. The summed E-state index contributed by atoms with van der Waals surface area (Å²) in [5.41, 5.74) is -0.458. The second kappa shape index (κ2) is 6.41. The van der Waals surface area contributed by atoms with Crippen LogP contribution in [0.4, 0.5) is 0 Å². The molecule has 0 aliphatic heterocycles. The van der Waals surface area contributed by atoms with Gasteiger partial charge in [0.1, 0.15) is 0 Å². The molecular formula is C14H27NO. The van der Waals surface area contributed by atoms with Gasteiger partial charge in [-0.1, -0.05) is 25.8 Å². The lowest BCUT2D eigenvalue weighted by Gasteiger charge is -2.36. The normalized spacial score (nSPS) is 32.3. The van der Waals surface area contributed by atoms with Crippen molar-refractivity contribution < 1.29 is 5.11 Å². The largest absolute Gasteiger partial charge is 0.389 e. The van der Waals surface area contributed by atoms with Gasteiger partial charge >= 0.3 is 0 Å². The zero-order valence-electron chi connectivity index (χ0n) is 10.8. The van der Waals surface area contributed by atoms with Gasteiger partial charge in [0.2, 0.25) is 0 Å². The Labute approximate surface area is 100 Å². The molecule has 16 heavy (non-hydrogen) atoms. The van der Waals surface area contributed by atoms with Gasteiger partial charge in [0.15, 0.2) is 0 Å². The maximum Gasteiger partial charge on any atom is 0.0774 e. The van der Waals surface area contributed by atoms with Gasteiger partial charge in [0, 0.05) is 12.6 Å². The van der Waals surface area contributed by atoms with Gasteiger partial charge in [-0.05, 0) is 38.5 Å². The van der Waals surface area contributed by atoms with E-state index in [2.05, 4.69) is 25.7 Å². The molecule has 3 unspecified atom stereocenters. The van der Waals surface area contributed by atoms with Crippen LogP contribution in [-0.4, -0.2) is 23.3 Å². The third-order valence-electron chi connectivity index (χ3n) is 3.65. The van der Waals surface area contributed by atoms with Gasteiger partial charge in [-0.2, -0.15) is 0 Å². The van der Waals surface area contributed by atoms with Gasteiger partial charge in [-0.3, -0.25) is 0 Å². The van der Waals surface area contributed by atoms with Crippen molar-refractivity contribution >= 4 is 0 Å². The summed E-state index contributed by atoms with van der Waals surface area (Å²) in [5, 5.41) is 13.9. The summed E-state index contributed by atoms with van der Waals surface area (Å²) in [4.78, 5) is 0. The van der Waals surface area contributed by atoms with E-state index in [1.54, 1.807) is 0 Å². The van der Waals surface area contributed by atoms with Crippen LogP contribution < -0.4 is 5.32 Å². The Morgan fingerprint density at radius 1 is 1.62 bits per heavy atom. The molecule has 2 N–H and O–H groups in total. The van der Waals surface area contributed by atoms with E-state index in [0.29, 0.717) is 12.0 Å². The molecule has 0 radical (unpaired) electrons. The maximum absolute atomic E-state index is 10.4. The minimum atomic E-state index is -0.458. The number of rotatable bonds is 6. The van der Waals surface area contributed by atoms with Crippen LogP contribution in [0.2, 0.25) is 0 Å². The molecule has 1 rings (SSSR count). The molecular weight excluding hydrogens is 198 g/mol. The van der Waals surface area contributed by atoms with E-state index in [4.69, 9.17) is 0 Å². The SMILES string of the molecule is C=CCCC(C)NCC1(O)CCCC(C)C1. The van der Waals surface area contributed by atoms with Crippen molar-refractivity contribution in [1.82, 2.24) is 5.32 Å². The van der Waals surface area contributed by atoms with Crippen LogP contribution in [-0.2, 0) is 0 Å². The Balaban J connectivity index is 2.26. The Bertz CT molecular complexity index is 217. The number of hydrogen-bond donors (Lipinski definition) is 2. The quantitative estimate of drug-likeness (QED) is 0.681. The third-order valence-corrected chi connectivity index (χ3v) is 3.65. The monoisotopic (exact) mass is 225 g/mol. The van der Waals surface area contributed by atoms with Gasteiger partial charge in [-0.25, -0.2) is 0 Å². The zero-order valence-corrected chi connectivity index (χ0v) is 10.8. The highest BCUT2D eigenvalue weighted by Crippen LogP contribution is 2.31. The standard InChI is InChI=1S/C14H27NO/c1-4-5-8-13(3)15-11-14(16)9-6-7-12(2)10-14/h4,12-13,15-16H,1,5-11H2,2-3H3. The molecule has 0 amide bonds. The number of aliphatic hydroxyl groups is 1. The Morgan fingerprint density at radius 3 is 3.00 bits per heavy atom. The lowest BCUT2D eigenvalue weighted by atomic mass is 9.79. The summed E-state index contributed by atoms with van der Waals surface area (Å²) >= 11 is 0. The molecule has 1 aliphatic carbocycles. The summed E-state index contributed by atoms with van der Waals surface area (Å²) in [7, 11) is 0. The molecule has 0 bridgehead atoms. The highest BCUT2D eigenvalue weighted by molar-refractivity contribution is 4.87. The molecule has 0 aromatic heterocycles. The molecule has 0 aromatic rings. The van der Waals surface area contributed by atoms with E-state index in [9.17, 15) is 5.11 Å². The Hall–Kier alpha value is -0.340. The highest BCUT2D eigenvalue weighted by atomic mass is 16.3. The van der Waals surface area contributed by atoms with Gasteiger partial charge < -0.3 is 10.4 Å². The van der Waals surface area contributed by atoms with E-state index < -0.39 is 5.60 Å². The summed E-state index contributed by atoms with van der Waals surface area (Å²) < 4.78 is 0. The van der Waals surface area contributed by atoms with Crippen LogP contribution in [0.15, 0.2) is 12.7 Å². The summed E-state index contributed by atoms with van der Waals surface area (Å²) in [5.74, 6) is 0.670. The summed E-state index contributed by atoms with van der Waals surface area (Å²) in [6.07, 6.45) is 8.45. The van der Waals surface area contributed by atoms with Crippen LogP contribution in [0, 0.1) is 5.92 Å². The van der Waals surface area contributed by atoms with Crippen LogP contribution in [0.3, 0.4) is 0 Å². The minimum absolute atomic E-state index is 0.458. The number of allylic oxidation sites excluding steroid dienone is 1. The number of nitrogens with one attached hydrogen (secondary N) is 1. The van der Waals surface area contributed by atoms with Crippen molar-refractivity contribution in [2.24, 2.45) is 5.92 Å². The lowest BCUT2D eigenvalue weighted by molar-refractivity contribution is -0.0135. The minimum Gasteiger partial charge on any atom is -0.389 e. The van der Waals surface area contributed by atoms with Gasteiger partial charge in [0.05, 0.1) is 5.60 Å². The van der Waals surface area contributed by atoms with Crippen LogP contribution in [0.5, 0.6) is 0 Å². The third kappa shape index (κ3) is 4.67. The average Bonchev–Trinajstić information content (AvgIpc) is 2.23. The van der Waals surface area contributed by atoms with Crippen LogP contribution >= 0.6 is 0 Å². The first-order valence-electron chi connectivity index (χ1n) is 6.62. The predicted octanol–water partition coefficient (Wildman–Crippen LogP) is 2.87. The molecule has 3 atom stereocenters. The molecule has 94 valence electrons. The van der Waals surface area contributed by atoms with Crippen LogP contribution in [0.25, 0.3) is 0 Å². The Kier molecular flexibility index (Phi) is 5.50. The van der Waals surface area contributed by atoms with Gasteiger partial charge in [-0.15, -0.1) is 6.58 Å². The lowest BCUT2D eigenvalue weighted by Crippen LogP contribution is -2.46. The molecule has 1 aliphatic rings. The molecule has 0 heterocycles. The zero-order chi connectivity index (χ0) is 12.0. The van der Waals surface area contributed by atoms with Crippen LogP contribution in [0.1, 0.15) is 52.4 Å². The molecule has 2 nitrogen and oxygen atoms in total. The topological polar surface area (TPSA) is 32.3 Å².